The molecule has 0 amide bonds. The number of hydrogen-bond acceptors (Lipinski definition) is 4. The standard InChI is InChI=1S/C25H23FN2O.2C2H6.H2OS/c1-17-4-2-3-5-18(17)10-12-24-13-11-20-14-23-19(15-25(20,24)29-24)16-27-28(23)22-8-6-21(26)7-9-22;3*1-2/h2-9,14,16H,10-13,15H2,1H3;2*1-2H3;1-2H/t24-,25?;;;/m0.../s1. The average Bonchev–Trinajstić information content (AvgIpc) is 3.18. The summed E-state index contributed by atoms with van der Waals surface area (Å²) in [6, 6.07) is 15.2. The van der Waals surface area contributed by atoms with E-state index in [4.69, 9.17) is 9.29 Å². The SMILES string of the molecule is CC.CC.Cc1ccccc1CC[C@]12CCC3=Cc4c(cnn4-c4ccc(F)cc4)CC31O2.OS. The number of aryl methyl sites for hydroxylation is 2. The summed E-state index contributed by atoms with van der Waals surface area (Å²) in [5.41, 5.74) is 7.26. The van der Waals surface area contributed by atoms with E-state index in [9.17, 15) is 4.39 Å². The molecule has 1 saturated carbocycles. The Hall–Kier alpha value is -2.41. The maximum atomic E-state index is 13.3. The molecule has 1 N–H and O–H groups in total. The molecule has 1 unspecified atom stereocenters. The van der Waals surface area contributed by atoms with Gasteiger partial charge in [0.2, 0.25) is 0 Å². The topological polar surface area (TPSA) is 50.6 Å². The van der Waals surface area contributed by atoms with Crippen LogP contribution in [0.5, 0.6) is 0 Å². The Morgan fingerprint density at radius 2 is 1.74 bits per heavy atom. The van der Waals surface area contributed by atoms with Crippen molar-refractivity contribution in [3.05, 3.63) is 88.5 Å². The van der Waals surface area contributed by atoms with Gasteiger partial charge in [0.15, 0.2) is 0 Å². The van der Waals surface area contributed by atoms with Gasteiger partial charge in [-0.25, -0.2) is 9.07 Å². The molecule has 2 heterocycles. The Balaban J connectivity index is 0.000000533. The van der Waals surface area contributed by atoms with E-state index < -0.39 is 0 Å². The highest BCUT2D eigenvalue weighted by atomic mass is 32.1. The molecule has 6 rings (SSSR count). The molecule has 3 aromatic rings. The lowest BCUT2D eigenvalue weighted by Crippen LogP contribution is -2.27. The minimum Gasteiger partial charge on any atom is -0.357 e. The lowest BCUT2D eigenvalue weighted by Gasteiger charge is -2.20. The number of nitrogens with zero attached hydrogens (tertiary/aromatic N) is 2. The molecule has 2 aliphatic carbocycles. The smallest absolute Gasteiger partial charge is 0.123 e. The van der Waals surface area contributed by atoms with Crippen LogP contribution >= 0.6 is 12.9 Å². The molecule has 35 heavy (non-hydrogen) atoms. The highest BCUT2D eigenvalue weighted by Gasteiger charge is 2.74. The Morgan fingerprint density at radius 3 is 2.43 bits per heavy atom. The molecule has 4 nitrogen and oxygen atoms in total. The third-order valence-electron chi connectivity index (χ3n) is 7.15. The molecule has 2 aromatic carbocycles. The van der Waals surface area contributed by atoms with E-state index in [0.717, 1.165) is 43.5 Å². The van der Waals surface area contributed by atoms with Crippen molar-refractivity contribution in [1.29, 1.82) is 0 Å². The predicted octanol–water partition coefficient (Wildman–Crippen LogP) is 7.64. The molecule has 2 atom stereocenters. The first kappa shape index (κ1) is 27.2. The molecule has 188 valence electrons. The molecule has 1 aromatic heterocycles. The second kappa shape index (κ2) is 11.5. The molecule has 0 radical (unpaired) electrons. The van der Waals surface area contributed by atoms with Gasteiger partial charge in [-0.15, -0.1) is 0 Å². The summed E-state index contributed by atoms with van der Waals surface area (Å²) >= 11 is 2.53. The maximum Gasteiger partial charge on any atom is 0.123 e. The normalized spacial score (nSPS) is 22.5. The number of hydrogen-bond donors (Lipinski definition) is 2. The fourth-order valence-corrected chi connectivity index (χ4v) is 5.47. The Kier molecular flexibility index (Phi) is 8.97. The van der Waals surface area contributed by atoms with Crippen LogP contribution in [0, 0.1) is 12.7 Å². The minimum atomic E-state index is -0.229. The van der Waals surface area contributed by atoms with Crippen molar-refractivity contribution >= 4 is 19.0 Å². The van der Waals surface area contributed by atoms with Crippen LogP contribution in [-0.2, 0) is 17.6 Å². The van der Waals surface area contributed by atoms with E-state index in [2.05, 4.69) is 55.3 Å². The molecule has 1 aliphatic heterocycles. The molecule has 0 bridgehead atoms. The van der Waals surface area contributed by atoms with Crippen LogP contribution in [0.1, 0.15) is 69.3 Å². The van der Waals surface area contributed by atoms with Crippen molar-refractivity contribution in [2.24, 2.45) is 0 Å². The number of aromatic nitrogens is 2. The zero-order valence-electron chi connectivity index (χ0n) is 21.4. The monoisotopic (exact) mass is 496 g/mol. The second-order valence-corrected chi connectivity index (χ2v) is 8.64. The molecule has 1 saturated heterocycles. The van der Waals surface area contributed by atoms with Crippen molar-refractivity contribution in [3.63, 3.8) is 0 Å². The van der Waals surface area contributed by atoms with E-state index in [1.807, 2.05) is 38.6 Å². The summed E-state index contributed by atoms with van der Waals surface area (Å²) in [5, 5.41) is 4.60. The van der Waals surface area contributed by atoms with Gasteiger partial charge in [-0.2, -0.15) is 5.10 Å². The van der Waals surface area contributed by atoms with Crippen molar-refractivity contribution in [3.8, 4) is 5.69 Å². The van der Waals surface area contributed by atoms with Gasteiger partial charge in [0, 0.05) is 12.0 Å². The van der Waals surface area contributed by atoms with E-state index in [-0.39, 0.29) is 17.0 Å². The first-order chi connectivity index (χ1) is 17.1. The van der Waals surface area contributed by atoms with Gasteiger partial charge in [-0.05, 0) is 92.6 Å². The molecule has 6 heteroatoms. The number of fused-ring (bicyclic) bond motifs is 1. The van der Waals surface area contributed by atoms with Crippen molar-refractivity contribution in [1.82, 2.24) is 9.78 Å². The van der Waals surface area contributed by atoms with Crippen molar-refractivity contribution in [2.75, 3.05) is 0 Å². The van der Waals surface area contributed by atoms with Crippen LogP contribution in [-0.4, -0.2) is 25.5 Å². The van der Waals surface area contributed by atoms with Crippen LogP contribution in [0.25, 0.3) is 11.8 Å². The number of epoxide rings is 1. The highest BCUT2D eigenvalue weighted by molar-refractivity contribution is 7.74. The van der Waals surface area contributed by atoms with E-state index >= 15 is 0 Å². The Morgan fingerprint density at radius 1 is 1.06 bits per heavy atom. The average molecular weight is 497 g/mol. The fraction of sp³-hybridized carbons (Fsp3) is 0.414. The third kappa shape index (κ3) is 4.84. The van der Waals surface area contributed by atoms with Gasteiger partial charge in [0.05, 0.1) is 17.6 Å². The molecule has 3 aliphatic rings. The largest absolute Gasteiger partial charge is 0.357 e. The maximum absolute atomic E-state index is 13.3. The van der Waals surface area contributed by atoms with Gasteiger partial charge in [0.25, 0.3) is 0 Å². The van der Waals surface area contributed by atoms with Gasteiger partial charge in [-0.3, -0.25) is 0 Å². The Labute approximate surface area is 214 Å². The number of ether oxygens (including phenoxy) is 1. The summed E-state index contributed by atoms with van der Waals surface area (Å²) in [6.45, 7) is 10.2. The minimum absolute atomic E-state index is 0.0171. The van der Waals surface area contributed by atoms with E-state index in [0.29, 0.717) is 0 Å². The summed E-state index contributed by atoms with van der Waals surface area (Å²) < 4.78 is 28.4. The highest BCUT2D eigenvalue weighted by Crippen LogP contribution is 2.67. The van der Waals surface area contributed by atoms with Gasteiger partial charge in [-0.1, -0.05) is 52.0 Å². The number of halogens is 1. The van der Waals surface area contributed by atoms with Gasteiger partial charge >= 0.3 is 0 Å². The van der Waals surface area contributed by atoms with E-state index in [1.54, 1.807) is 12.1 Å². The first-order valence-electron chi connectivity index (χ1n) is 12.6. The number of thiol groups is 1. The summed E-state index contributed by atoms with van der Waals surface area (Å²) in [6.07, 6.45) is 9.43. The molecule has 2 fully saturated rings. The van der Waals surface area contributed by atoms with Crippen LogP contribution in [0.2, 0.25) is 0 Å². The lowest BCUT2D eigenvalue weighted by atomic mass is 9.81. The van der Waals surface area contributed by atoms with Crippen LogP contribution in [0.3, 0.4) is 0 Å². The van der Waals surface area contributed by atoms with Crippen molar-refractivity contribution < 1.29 is 13.7 Å². The lowest BCUT2D eigenvalue weighted by molar-refractivity contribution is 0.235. The molecular weight excluding hydrogens is 459 g/mol. The van der Waals surface area contributed by atoms with E-state index in [1.165, 1.54) is 34.4 Å². The second-order valence-electron chi connectivity index (χ2n) is 8.64. The fourth-order valence-electron chi connectivity index (χ4n) is 5.47. The van der Waals surface area contributed by atoms with Crippen LogP contribution in [0.4, 0.5) is 4.39 Å². The van der Waals surface area contributed by atoms with Crippen LogP contribution in [0.15, 0.2) is 60.3 Å². The molecular formula is C29H37FN2O2S. The Bertz CT molecular complexity index is 1160. The summed E-state index contributed by atoms with van der Waals surface area (Å²) in [4.78, 5) is 0. The zero-order chi connectivity index (χ0) is 25.6. The van der Waals surface area contributed by atoms with Gasteiger partial charge < -0.3 is 9.29 Å². The predicted molar refractivity (Wildman–Crippen MR) is 145 cm³/mol. The quantitative estimate of drug-likeness (QED) is 0.222. The summed E-state index contributed by atoms with van der Waals surface area (Å²) in [7, 11) is 0. The number of rotatable bonds is 4. The van der Waals surface area contributed by atoms with Crippen LogP contribution < -0.4 is 0 Å². The third-order valence-corrected chi connectivity index (χ3v) is 7.15. The zero-order valence-corrected chi connectivity index (χ0v) is 22.3. The van der Waals surface area contributed by atoms with Gasteiger partial charge in [0.1, 0.15) is 17.0 Å². The molecule has 1 spiro atoms. The summed E-state index contributed by atoms with van der Waals surface area (Å²) in [5.74, 6) is -0.229. The van der Waals surface area contributed by atoms with Crippen molar-refractivity contribution in [2.45, 2.75) is 77.9 Å². The number of benzene rings is 2. The first-order valence-corrected chi connectivity index (χ1v) is 13.0.